The first-order valence-corrected chi connectivity index (χ1v) is 5.91. The van der Waals surface area contributed by atoms with Crippen LogP contribution in [0.5, 0.6) is 5.75 Å². The average molecular weight is 299 g/mol. The van der Waals surface area contributed by atoms with Crippen LogP contribution in [-0.4, -0.2) is 17.5 Å². The number of pyridine rings is 1. The second kappa shape index (κ2) is 6.29. The van der Waals surface area contributed by atoms with Crippen LogP contribution in [0.1, 0.15) is 10.4 Å². The summed E-state index contributed by atoms with van der Waals surface area (Å²) < 4.78 is 28.4. The minimum absolute atomic E-state index is 0.0910. The van der Waals surface area contributed by atoms with Crippen LogP contribution in [0.3, 0.4) is 0 Å². The maximum absolute atomic E-state index is 12.1. The minimum Gasteiger partial charge on any atom is -0.435 e. The molecule has 104 valence electrons. The van der Waals surface area contributed by atoms with E-state index < -0.39 is 12.5 Å². The number of hydrogen-bond donors (Lipinski definition) is 1. The highest BCUT2D eigenvalue weighted by molar-refractivity contribution is 6.29. The predicted octanol–water partition coefficient (Wildman–Crippen LogP) is 3.59. The summed E-state index contributed by atoms with van der Waals surface area (Å²) in [6, 6.07) is 10.2. The number of carbonyl (C=O) groups is 1. The first-order chi connectivity index (χ1) is 9.54. The molecule has 1 N–H and O–H groups in total. The van der Waals surface area contributed by atoms with Gasteiger partial charge in [-0.1, -0.05) is 23.7 Å². The Morgan fingerprint density at radius 2 is 2.00 bits per heavy atom. The smallest absolute Gasteiger partial charge is 0.387 e. The molecule has 0 radical (unpaired) electrons. The Morgan fingerprint density at radius 3 is 2.70 bits per heavy atom. The highest BCUT2D eigenvalue weighted by atomic mass is 35.5. The Balaban J connectivity index is 2.13. The van der Waals surface area contributed by atoms with Crippen molar-refractivity contribution in [1.29, 1.82) is 0 Å². The van der Waals surface area contributed by atoms with E-state index >= 15 is 0 Å². The summed E-state index contributed by atoms with van der Waals surface area (Å²) in [7, 11) is 0. The van der Waals surface area contributed by atoms with E-state index in [1.54, 1.807) is 18.2 Å². The molecule has 2 aromatic rings. The number of halogens is 3. The number of nitrogens with zero attached hydrogens (tertiary/aromatic N) is 1. The van der Waals surface area contributed by atoms with Crippen LogP contribution in [0, 0.1) is 0 Å². The van der Waals surface area contributed by atoms with E-state index in [1.165, 1.54) is 24.3 Å². The van der Waals surface area contributed by atoms with Crippen molar-refractivity contribution in [3.63, 3.8) is 0 Å². The largest absolute Gasteiger partial charge is 0.435 e. The van der Waals surface area contributed by atoms with Gasteiger partial charge in [0.1, 0.15) is 16.7 Å². The van der Waals surface area contributed by atoms with E-state index in [9.17, 15) is 13.6 Å². The molecule has 0 fully saturated rings. The van der Waals surface area contributed by atoms with Gasteiger partial charge in [0.2, 0.25) is 0 Å². The third-order valence-corrected chi connectivity index (χ3v) is 2.49. The quantitative estimate of drug-likeness (QED) is 0.878. The van der Waals surface area contributed by atoms with Crippen molar-refractivity contribution in [3.8, 4) is 5.75 Å². The van der Waals surface area contributed by atoms with Crippen molar-refractivity contribution in [2.75, 3.05) is 5.32 Å². The summed E-state index contributed by atoms with van der Waals surface area (Å²) in [5.74, 6) is -0.325. The van der Waals surface area contributed by atoms with Crippen LogP contribution in [0.2, 0.25) is 5.15 Å². The van der Waals surface area contributed by atoms with Gasteiger partial charge in [0.15, 0.2) is 0 Å². The Kier molecular flexibility index (Phi) is 4.47. The summed E-state index contributed by atoms with van der Waals surface area (Å²) in [5.41, 5.74) is 0.171. The van der Waals surface area contributed by atoms with Crippen molar-refractivity contribution in [2.45, 2.75) is 6.61 Å². The Morgan fingerprint density at radius 1 is 1.25 bits per heavy atom. The van der Waals surface area contributed by atoms with Crippen LogP contribution >= 0.6 is 11.6 Å². The van der Waals surface area contributed by atoms with Gasteiger partial charge >= 0.3 is 6.61 Å². The fourth-order valence-corrected chi connectivity index (χ4v) is 1.64. The number of nitrogens with one attached hydrogen (secondary N) is 1. The van der Waals surface area contributed by atoms with Gasteiger partial charge in [-0.3, -0.25) is 4.79 Å². The van der Waals surface area contributed by atoms with Gasteiger partial charge in [0, 0.05) is 5.56 Å². The fourth-order valence-electron chi connectivity index (χ4n) is 1.48. The molecule has 0 aliphatic carbocycles. The summed E-state index contributed by atoms with van der Waals surface area (Å²) in [6.07, 6.45) is 0. The number of amides is 1. The van der Waals surface area contributed by atoms with Gasteiger partial charge in [-0.25, -0.2) is 4.98 Å². The molecule has 0 aliphatic rings. The van der Waals surface area contributed by atoms with Gasteiger partial charge in [-0.05, 0) is 30.3 Å². The van der Waals surface area contributed by atoms with E-state index in [4.69, 9.17) is 11.6 Å². The summed E-state index contributed by atoms with van der Waals surface area (Å²) in [4.78, 5) is 15.8. The number of rotatable bonds is 4. The molecule has 20 heavy (non-hydrogen) atoms. The summed E-state index contributed by atoms with van der Waals surface area (Å²) in [6.45, 7) is -2.94. The molecule has 0 spiro atoms. The number of anilines is 1. The second-order valence-electron chi connectivity index (χ2n) is 3.71. The zero-order chi connectivity index (χ0) is 14.5. The van der Waals surface area contributed by atoms with Gasteiger partial charge in [0.25, 0.3) is 5.91 Å². The molecule has 1 heterocycles. The summed E-state index contributed by atoms with van der Waals surface area (Å²) in [5, 5.41) is 2.74. The molecule has 1 aromatic carbocycles. The van der Waals surface area contributed by atoms with Crippen LogP contribution in [0.4, 0.5) is 14.6 Å². The average Bonchev–Trinajstić information content (AvgIpc) is 2.38. The Hall–Kier alpha value is -2.21. The van der Waals surface area contributed by atoms with Crippen molar-refractivity contribution in [3.05, 3.63) is 53.2 Å². The van der Waals surface area contributed by atoms with E-state index in [1.807, 2.05) is 0 Å². The third kappa shape index (κ3) is 3.89. The molecule has 0 aliphatic heterocycles. The molecule has 0 unspecified atom stereocenters. The topological polar surface area (TPSA) is 51.2 Å². The number of ether oxygens (including phenoxy) is 1. The van der Waals surface area contributed by atoms with E-state index in [0.717, 1.165) is 0 Å². The lowest BCUT2D eigenvalue weighted by molar-refractivity contribution is -0.0498. The number of benzene rings is 1. The summed E-state index contributed by atoms with van der Waals surface area (Å²) >= 11 is 5.69. The monoisotopic (exact) mass is 298 g/mol. The second-order valence-corrected chi connectivity index (χ2v) is 4.09. The molecule has 1 aromatic heterocycles. The molecular formula is C13H9ClF2N2O2. The first kappa shape index (κ1) is 14.2. The number of alkyl halides is 2. The lowest BCUT2D eigenvalue weighted by Gasteiger charge is -2.07. The van der Waals surface area contributed by atoms with Gasteiger partial charge < -0.3 is 10.1 Å². The highest BCUT2D eigenvalue weighted by Crippen LogP contribution is 2.17. The Bertz CT molecular complexity index is 623. The molecule has 4 nitrogen and oxygen atoms in total. The lowest BCUT2D eigenvalue weighted by Crippen LogP contribution is -2.13. The zero-order valence-electron chi connectivity index (χ0n) is 10.0. The zero-order valence-corrected chi connectivity index (χ0v) is 10.8. The number of aromatic nitrogens is 1. The number of carbonyl (C=O) groups excluding carboxylic acids is 1. The maximum atomic E-state index is 12.1. The lowest BCUT2D eigenvalue weighted by atomic mass is 10.2. The number of hydrogen-bond acceptors (Lipinski definition) is 3. The molecule has 0 saturated heterocycles. The highest BCUT2D eigenvalue weighted by Gasteiger charge is 2.10. The normalized spacial score (nSPS) is 10.4. The molecule has 0 atom stereocenters. The standard InChI is InChI=1S/C13H9ClF2N2O2/c14-10-5-2-6-11(17-10)18-12(19)8-3-1-4-9(7-8)20-13(15)16/h1-7,13H,(H,17,18,19). The first-order valence-electron chi connectivity index (χ1n) is 5.53. The molecule has 0 saturated carbocycles. The predicted molar refractivity (Wildman–Crippen MR) is 70.3 cm³/mol. The van der Waals surface area contributed by atoms with Gasteiger partial charge in [-0.2, -0.15) is 8.78 Å². The van der Waals surface area contributed by atoms with Gasteiger partial charge in [0.05, 0.1) is 0 Å². The van der Waals surface area contributed by atoms with Crippen LogP contribution in [-0.2, 0) is 0 Å². The van der Waals surface area contributed by atoms with Crippen LogP contribution in [0.25, 0.3) is 0 Å². The third-order valence-electron chi connectivity index (χ3n) is 2.28. The maximum Gasteiger partial charge on any atom is 0.387 e. The van der Waals surface area contributed by atoms with Crippen molar-refractivity contribution >= 4 is 23.3 Å². The molecular weight excluding hydrogens is 290 g/mol. The van der Waals surface area contributed by atoms with Crippen molar-refractivity contribution < 1.29 is 18.3 Å². The van der Waals surface area contributed by atoms with Crippen molar-refractivity contribution in [1.82, 2.24) is 4.98 Å². The Labute approximate surface area is 118 Å². The van der Waals surface area contributed by atoms with Gasteiger partial charge in [-0.15, -0.1) is 0 Å². The molecule has 1 amide bonds. The van der Waals surface area contributed by atoms with E-state index in [2.05, 4.69) is 15.0 Å². The molecule has 7 heteroatoms. The minimum atomic E-state index is -2.94. The van der Waals surface area contributed by atoms with Crippen LogP contribution in [0.15, 0.2) is 42.5 Å². The fraction of sp³-hybridized carbons (Fsp3) is 0.0769. The molecule has 0 bridgehead atoms. The molecule has 2 rings (SSSR count). The van der Waals surface area contributed by atoms with E-state index in [0.29, 0.717) is 0 Å². The van der Waals surface area contributed by atoms with Crippen LogP contribution < -0.4 is 10.1 Å². The SMILES string of the molecule is O=C(Nc1cccc(Cl)n1)c1cccc(OC(F)F)c1. The van der Waals surface area contributed by atoms with E-state index in [-0.39, 0.29) is 22.3 Å². The van der Waals surface area contributed by atoms with Crippen molar-refractivity contribution in [2.24, 2.45) is 0 Å².